The van der Waals surface area contributed by atoms with Gasteiger partial charge in [0, 0.05) is 13.2 Å². The summed E-state index contributed by atoms with van der Waals surface area (Å²) in [5.41, 5.74) is 3.27. The van der Waals surface area contributed by atoms with Crippen molar-refractivity contribution < 1.29 is 18.3 Å². The van der Waals surface area contributed by atoms with Crippen molar-refractivity contribution in [3.05, 3.63) is 45.7 Å². The van der Waals surface area contributed by atoms with Crippen LogP contribution in [0.25, 0.3) is 11.1 Å². The van der Waals surface area contributed by atoms with Gasteiger partial charge in [0.15, 0.2) is 11.4 Å². The van der Waals surface area contributed by atoms with Crippen LogP contribution in [0.4, 0.5) is 4.39 Å². The van der Waals surface area contributed by atoms with Crippen LogP contribution in [-0.2, 0) is 9.47 Å². The fraction of sp³-hybridized carbons (Fsp3) is 0.654. The number of rotatable bonds is 6. The summed E-state index contributed by atoms with van der Waals surface area (Å²) in [5.74, 6) is -0.906. The number of nitrogens with zero attached hydrogens (tertiary/aromatic N) is 1. The summed E-state index contributed by atoms with van der Waals surface area (Å²) in [4.78, 5) is 12.6. The Morgan fingerprint density at radius 3 is 2.72 bits per heavy atom. The number of hydrogen-bond donors (Lipinski definition) is 0. The molecule has 5 nitrogen and oxygen atoms in total. The molecule has 2 aromatic rings. The van der Waals surface area contributed by atoms with E-state index >= 15 is 0 Å². The summed E-state index contributed by atoms with van der Waals surface area (Å²) in [6, 6.07) is 3.32. The molecule has 0 bridgehead atoms. The topological polar surface area (TPSA) is 53.6 Å². The van der Waals surface area contributed by atoms with E-state index in [1.54, 1.807) is 17.3 Å². The number of benzene rings is 1. The van der Waals surface area contributed by atoms with E-state index in [0.717, 1.165) is 63.4 Å². The molecule has 176 valence electrons. The lowest BCUT2D eigenvalue weighted by molar-refractivity contribution is -0.0154. The zero-order chi connectivity index (χ0) is 22.7. The number of methoxy groups -OCH3 is 1. The molecule has 0 saturated heterocycles. The van der Waals surface area contributed by atoms with Crippen LogP contribution in [0.15, 0.2) is 33.0 Å². The van der Waals surface area contributed by atoms with Gasteiger partial charge in [-0.1, -0.05) is 18.6 Å². The molecule has 0 N–H and O–H groups in total. The molecule has 6 heteroatoms. The Labute approximate surface area is 189 Å². The van der Waals surface area contributed by atoms with Crippen LogP contribution in [0, 0.1) is 18.2 Å². The smallest absolute Gasteiger partial charge is 0.405 e. The van der Waals surface area contributed by atoms with Crippen molar-refractivity contribution in [3.8, 4) is 0 Å². The van der Waals surface area contributed by atoms with E-state index in [0.29, 0.717) is 24.8 Å². The molecule has 0 aliphatic heterocycles. The molecule has 1 fully saturated rings. The highest BCUT2D eigenvalue weighted by molar-refractivity contribution is 5.74. The lowest BCUT2D eigenvalue weighted by atomic mass is 9.67. The van der Waals surface area contributed by atoms with Gasteiger partial charge in [-0.2, -0.15) is 0 Å². The molecule has 1 unspecified atom stereocenters. The molecule has 1 aromatic heterocycles. The maximum absolute atomic E-state index is 14.3. The Morgan fingerprint density at radius 1 is 1.19 bits per heavy atom. The quantitative estimate of drug-likeness (QED) is 0.399. The zero-order valence-corrected chi connectivity index (χ0v) is 19.6. The monoisotopic (exact) mass is 445 g/mol. The number of oxazole rings is 1. The lowest BCUT2D eigenvalue weighted by Crippen LogP contribution is -2.31. The maximum atomic E-state index is 14.3. The number of fused-ring (bicyclic) bond motifs is 1. The second-order valence-corrected chi connectivity index (χ2v) is 9.81. The standard InChI is InChI=1S/C26H36FNO4/c1-18-16-22(27)24-23(17-18)28(25(29)32-24)20-8-4-6-19(7-5-9-20)26(2)12-10-21(11-13-26)31-15-14-30-3/h6,16-17,20-21H,4-5,7-15H2,1-3H3. The summed E-state index contributed by atoms with van der Waals surface area (Å²) in [6.07, 6.45) is 12.0. The van der Waals surface area contributed by atoms with Gasteiger partial charge in [0.25, 0.3) is 0 Å². The van der Waals surface area contributed by atoms with Gasteiger partial charge >= 0.3 is 5.76 Å². The van der Waals surface area contributed by atoms with Crippen LogP contribution >= 0.6 is 0 Å². The summed E-state index contributed by atoms with van der Waals surface area (Å²) in [5, 5.41) is 0. The zero-order valence-electron chi connectivity index (χ0n) is 19.6. The van der Waals surface area contributed by atoms with E-state index in [1.807, 2.05) is 13.0 Å². The van der Waals surface area contributed by atoms with Crippen LogP contribution in [0.3, 0.4) is 0 Å². The average Bonchev–Trinajstić information content (AvgIpc) is 3.06. The highest BCUT2D eigenvalue weighted by Crippen LogP contribution is 2.46. The first kappa shape index (κ1) is 23.2. The van der Waals surface area contributed by atoms with Gasteiger partial charge in [0.2, 0.25) is 0 Å². The van der Waals surface area contributed by atoms with Gasteiger partial charge in [-0.05, 0) is 87.8 Å². The minimum atomic E-state index is -0.460. The highest BCUT2D eigenvalue weighted by Gasteiger charge is 2.35. The SMILES string of the molecule is COCCOC1CCC(C)(C2=CCCC(n3c(=O)oc4c(F)cc(C)cc43)CCC2)CC1. The van der Waals surface area contributed by atoms with Crippen molar-refractivity contribution in [1.29, 1.82) is 0 Å². The third kappa shape index (κ3) is 4.86. The fourth-order valence-electron chi connectivity index (χ4n) is 5.62. The van der Waals surface area contributed by atoms with Gasteiger partial charge < -0.3 is 13.9 Å². The predicted molar refractivity (Wildman–Crippen MR) is 124 cm³/mol. The Morgan fingerprint density at radius 2 is 1.97 bits per heavy atom. The molecule has 1 heterocycles. The molecule has 0 radical (unpaired) electrons. The first-order valence-corrected chi connectivity index (χ1v) is 12.0. The third-order valence-electron chi connectivity index (χ3n) is 7.51. The molecule has 0 spiro atoms. The summed E-state index contributed by atoms with van der Waals surface area (Å²) in [7, 11) is 1.71. The number of allylic oxidation sites excluding steroid dienone is 2. The Balaban J connectivity index is 1.44. The molecule has 1 atom stereocenters. The number of halogens is 1. The van der Waals surface area contributed by atoms with E-state index in [4.69, 9.17) is 13.9 Å². The number of ether oxygens (including phenoxy) is 2. The van der Waals surface area contributed by atoms with Gasteiger partial charge in [-0.3, -0.25) is 4.57 Å². The molecule has 0 amide bonds. The summed E-state index contributed by atoms with van der Waals surface area (Å²) < 4.78 is 32.3. The van der Waals surface area contributed by atoms with Gasteiger partial charge in [0.1, 0.15) is 0 Å². The average molecular weight is 446 g/mol. The summed E-state index contributed by atoms with van der Waals surface area (Å²) in [6.45, 7) is 5.58. The van der Waals surface area contributed by atoms with E-state index in [-0.39, 0.29) is 17.0 Å². The second-order valence-electron chi connectivity index (χ2n) is 9.81. The summed E-state index contributed by atoms with van der Waals surface area (Å²) >= 11 is 0. The van der Waals surface area contributed by atoms with E-state index in [2.05, 4.69) is 13.0 Å². The maximum Gasteiger partial charge on any atom is 0.420 e. The molecular weight excluding hydrogens is 409 g/mol. The number of hydrogen-bond acceptors (Lipinski definition) is 4. The minimum Gasteiger partial charge on any atom is -0.405 e. The second kappa shape index (κ2) is 9.92. The lowest BCUT2D eigenvalue weighted by Gasteiger charge is -2.40. The molecule has 2 aliphatic carbocycles. The molecular formula is C26H36FNO4. The van der Waals surface area contributed by atoms with Crippen molar-refractivity contribution in [2.75, 3.05) is 20.3 Å². The van der Waals surface area contributed by atoms with Crippen LogP contribution in [0.1, 0.15) is 76.3 Å². The fourth-order valence-corrected chi connectivity index (χ4v) is 5.62. The third-order valence-corrected chi connectivity index (χ3v) is 7.51. The Hall–Kier alpha value is -1.92. The number of aromatic nitrogens is 1. The van der Waals surface area contributed by atoms with Crippen molar-refractivity contribution in [3.63, 3.8) is 0 Å². The van der Waals surface area contributed by atoms with Gasteiger partial charge in [-0.15, -0.1) is 0 Å². The van der Waals surface area contributed by atoms with Crippen molar-refractivity contribution in [2.45, 2.75) is 83.8 Å². The first-order valence-electron chi connectivity index (χ1n) is 12.0. The largest absolute Gasteiger partial charge is 0.420 e. The van der Waals surface area contributed by atoms with Crippen LogP contribution in [-0.4, -0.2) is 31.0 Å². The van der Waals surface area contributed by atoms with Crippen LogP contribution in [0.2, 0.25) is 0 Å². The highest BCUT2D eigenvalue weighted by atomic mass is 19.1. The molecule has 32 heavy (non-hydrogen) atoms. The van der Waals surface area contributed by atoms with E-state index in [9.17, 15) is 9.18 Å². The van der Waals surface area contributed by atoms with Crippen molar-refractivity contribution >= 4 is 11.1 Å². The Kier molecular flexibility index (Phi) is 7.21. The Bertz CT molecular complexity index is 1010. The molecule has 1 saturated carbocycles. The number of aryl methyl sites for hydroxylation is 1. The van der Waals surface area contributed by atoms with E-state index < -0.39 is 11.6 Å². The van der Waals surface area contributed by atoms with Gasteiger partial charge in [0.05, 0.1) is 24.8 Å². The molecule has 2 aliphatic rings. The normalized spacial score (nSPS) is 27.2. The van der Waals surface area contributed by atoms with E-state index in [1.165, 1.54) is 6.07 Å². The molecule has 1 aromatic carbocycles. The van der Waals surface area contributed by atoms with Crippen molar-refractivity contribution in [2.24, 2.45) is 5.41 Å². The minimum absolute atomic E-state index is 0.0421. The van der Waals surface area contributed by atoms with Gasteiger partial charge in [-0.25, -0.2) is 9.18 Å². The first-order chi connectivity index (χ1) is 15.4. The van der Waals surface area contributed by atoms with Crippen molar-refractivity contribution in [1.82, 2.24) is 4.57 Å². The predicted octanol–water partition coefficient (Wildman–Crippen LogP) is 6.09. The van der Waals surface area contributed by atoms with Crippen LogP contribution in [0.5, 0.6) is 0 Å². The van der Waals surface area contributed by atoms with Crippen LogP contribution < -0.4 is 5.76 Å². The molecule has 4 rings (SSSR count).